The molecule has 6 nitrogen and oxygen atoms in total. The van der Waals surface area contributed by atoms with E-state index in [2.05, 4.69) is 10.3 Å². The average Bonchev–Trinajstić information content (AvgIpc) is 2.25. The topological polar surface area (TPSA) is 102 Å². The quantitative estimate of drug-likeness (QED) is 0.573. The third-order valence-electron chi connectivity index (χ3n) is 2.33. The van der Waals surface area contributed by atoms with Crippen molar-refractivity contribution in [3.05, 3.63) is 28.0 Å². The van der Waals surface area contributed by atoms with Crippen molar-refractivity contribution < 1.29 is 15.0 Å². The molecule has 0 aliphatic carbocycles. The number of aromatic hydroxyl groups is 1. The van der Waals surface area contributed by atoms with Crippen molar-refractivity contribution in [2.75, 3.05) is 13.2 Å². The third-order valence-corrected chi connectivity index (χ3v) is 2.33. The van der Waals surface area contributed by atoms with Crippen LogP contribution in [-0.4, -0.2) is 34.3 Å². The number of carbonyl (C=O) groups is 1. The number of nitrogens with one attached hydrogen (secondary N) is 2. The molecule has 0 radical (unpaired) electrons. The molecule has 1 atom stereocenters. The molecule has 4 N–H and O–H groups in total. The van der Waals surface area contributed by atoms with Crippen molar-refractivity contribution in [3.63, 3.8) is 0 Å². The molecule has 1 amide bonds. The number of carbonyl (C=O) groups excluding carboxylic acids is 1. The van der Waals surface area contributed by atoms with E-state index >= 15 is 0 Å². The highest BCUT2D eigenvalue weighted by Crippen LogP contribution is 2.04. The zero-order valence-corrected chi connectivity index (χ0v) is 9.56. The maximum atomic E-state index is 11.6. The molecular formula is C11H16N2O4. The van der Waals surface area contributed by atoms with Gasteiger partial charge in [0.05, 0.1) is 5.56 Å². The monoisotopic (exact) mass is 240 g/mol. The molecule has 17 heavy (non-hydrogen) atoms. The van der Waals surface area contributed by atoms with Crippen LogP contribution in [0, 0.1) is 5.92 Å². The third kappa shape index (κ3) is 4.28. The minimum atomic E-state index is -0.529. The van der Waals surface area contributed by atoms with Gasteiger partial charge in [-0.3, -0.25) is 14.6 Å². The van der Waals surface area contributed by atoms with Gasteiger partial charge in [0.1, 0.15) is 0 Å². The number of pyridine rings is 1. The second-order valence-corrected chi connectivity index (χ2v) is 3.95. The Morgan fingerprint density at radius 2 is 2.24 bits per heavy atom. The van der Waals surface area contributed by atoms with Crippen molar-refractivity contribution in [3.8, 4) is 5.88 Å². The van der Waals surface area contributed by atoms with Crippen LogP contribution in [0.25, 0.3) is 0 Å². The van der Waals surface area contributed by atoms with E-state index in [9.17, 15) is 9.59 Å². The van der Waals surface area contributed by atoms with Gasteiger partial charge in [-0.25, -0.2) is 0 Å². The first-order valence-electron chi connectivity index (χ1n) is 5.35. The zero-order chi connectivity index (χ0) is 12.8. The molecule has 0 aliphatic rings. The van der Waals surface area contributed by atoms with E-state index in [1.807, 2.05) is 6.92 Å². The highest BCUT2D eigenvalue weighted by Gasteiger charge is 2.09. The maximum absolute atomic E-state index is 11.6. The lowest BCUT2D eigenvalue weighted by atomic mass is 10.1. The summed E-state index contributed by atoms with van der Waals surface area (Å²) in [7, 11) is 0. The Morgan fingerprint density at radius 3 is 2.82 bits per heavy atom. The Hall–Kier alpha value is -1.82. The van der Waals surface area contributed by atoms with Crippen LogP contribution in [0.5, 0.6) is 5.88 Å². The molecular weight excluding hydrogens is 224 g/mol. The van der Waals surface area contributed by atoms with Crippen LogP contribution in [0.1, 0.15) is 23.7 Å². The van der Waals surface area contributed by atoms with Gasteiger partial charge >= 0.3 is 0 Å². The number of aromatic nitrogens is 1. The molecule has 1 heterocycles. The SMILES string of the molecule is CC(CCO)CNC(=O)c1cc(O)[nH]c(=O)c1. The molecule has 1 aromatic heterocycles. The lowest BCUT2D eigenvalue weighted by Gasteiger charge is -2.10. The first-order chi connectivity index (χ1) is 8.02. The molecule has 6 heteroatoms. The Kier molecular flexibility index (Phi) is 4.71. The Morgan fingerprint density at radius 1 is 1.53 bits per heavy atom. The van der Waals surface area contributed by atoms with E-state index < -0.39 is 11.5 Å². The van der Waals surface area contributed by atoms with Crippen molar-refractivity contribution in [2.24, 2.45) is 5.92 Å². The molecule has 94 valence electrons. The van der Waals surface area contributed by atoms with Crippen molar-refractivity contribution in [1.82, 2.24) is 10.3 Å². The van der Waals surface area contributed by atoms with Crippen molar-refractivity contribution in [1.29, 1.82) is 0 Å². The summed E-state index contributed by atoms with van der Waals surface area (Å²) in [6.07, 6.45) is 0.598. The number of aromatic amines is 1. The van der Waals surface area contributed by atoms with E-state index in [0.29, 0.717) is 13.0 Å². The van der Waals surface area contributed by atoms with Crippen LogP contribution in [0.4, 0.5) is 0 Å². The fourth-order valence-corrected chi connectivity index (χ4v) is 1.35. The van der Waals surface area contributed by atoms with Crippen LogP contribution in [-0.2, 0) is 0 Å². The second kappa shape index (κ2) is 6.05. The van der Waals surface area contributed by atoms with Crippen LogP contribution in [0.2, 0.25) is 0 Å². The lowest BCUT2D eigenvalue weighted by molar-refractivity contribution is 0.0944. The fourth-order valence-electron chi connectivity index (χ4n) is 1.35. The summed E-state index contributed by atoms with van der Waals surface area (Å²) in [5, 5.41) is 20.5. The van der Waals surface area contributed by atoms with Gasteiger partial charge in [-0.1, -0.05) is 6.92 Å². The number of hydrogen-bond acceptors (Lipinski definition) is 4. The lowest BCUT2D eigenvalue weighted by Crippen LogP contribution is -2.29. The summed E-state index contributed by atoms with van der Waals surface area (Å²) in [4.78, 5) is 24.8. The minimum absolute atomic E-state index is 0.0723. The highest BCUT2D eigenvalue weighted by atomic mass is 16.3. The maximum Gasteiger partial charge on any atom is 0.251 e. The van der Waals surface area contributed by atoms with Gasteiger partial charge in [-0.05, 0) is 12.3 Å². The summed E-state index contributed by atoms with van der Waals surface area (Å²) in [5.74, 6) is -0.609. The largest absolute Gasteiger partial charge is 0.494 e. The summed E-state index contributed by atoms with van der Waals surface area (Å²) >= 11 is 0. The molecule has 0 aromatic carbocycles. The predicted octanol–water partition coefficient (Wildman–Crippen LogP) is -0.171. The predicted molar refractivity (Wildman–Crippen MR) is 61.9 cm³/mol. The van der Waals surface area contributed by atoms with Crippen LogP contribution >= 0.6 is 0 Å². The van der Waals surface area contributed by atoms with Crippen LogP contribution < -0.4 is 10.9 Å². The molecule has 0 saturated carbocycles. The Bertz CT molecular complexity index is 441. The van der Waals surface area contributed by atoms with Crippen molar-refractivity contribution in [2.45, 2.75) is 13.3 Å². The average molecular weight is 240 g/mol. The number of amides is 1. The first-order valence-corrected chi connectivity index (χ1v) is 5.35. The summed E-state index contributed by atoms with van der Waals surface area (Å²) < 4.78 is 0. The van der Waals surface area contributed by atoms with Crippen LogP contribution in [0.3, 0.4) is 0 Å². The van der Waals surface area contributed by atoms with Crippen molar-refractivity contribution >= 4 is 5.91 Å². The molecule has 1 aromatic rings. The van der Waals surface area contributed by atoms with E-state index in [1.54, 1.807) is 0 Å². The van der Waals surface area contributed by atoms with Crippen LogP contribution in [0.15, 0.2) is 16.9 Å². The van der Waals surface area contributed by atoms with Gasteiger partial charge in [-0.15, -0.1) is 0 Å². The zero-order valence-electron chi connectivity index (χ0n) is 9.56. The number of aliphatic hydroxyl groups is 1. The van der Waals surface area contributed by atoms with E-state index in [0.717, 1.165) is 6.07 Å². The van der Waals surface area contributed by atoms with Gasteiger partial charge in [0.2, 0.25) is 0 Å². The fraction of sp³-hybridized carbons (Fsp3) is 0.455. The van der Waals surface area contributed by atoms with Gasteiger partial charge in [0.25, 0.3) is 11.5 Å². The molecule has 1 rings (SSSR count). The molecule has 0 bridgehead atoms. The summed E-state index contributed by atoms with van der Waals surface area (Å²) in [6, 6.07) is 2.30. The number of rotatable bonds is 5. The second-order valence-electron chi connectivity index (χ2n) is 3.95. The molecule has 0 saturated heterocycles. The number of hydrogen-bond donors (Lipinski definition) is 4. The van der Waals surface area contributed by atoms with E-state index in [1.165, 1.54) is 6.07 Å². The number of aliphatic hydroxyl groups excluding tert-OH is 1. The summed E-state index contributed by atoms with van der Waals surface area (Å²) in [5.41, 5.74) is -0.416. The standard InChI is InChI=1S/C11H16N2O4/c1-7(2-3-14)6-12-11(17)8-4-9(15)13-10(16)5-8/h4-5,7,14H,2-3,6H2,1H3,(H,12,17)(H2,13,15,16). The van der Waals surface area contributed by atoms with E-state index in [4.69, 9.17) is 10.2 Å². The number of H-pyrrole nitrogens is 1. The van der Waals surface area contributed by atoms with Gasteiger partial charge < -0.3 is 15.5 Å². The van der Waals surface area contributed by atoms with Gasteiger partial charge in [-0.2, -0.15) is 0 Å². The molecule has 0 spiro atoms. The minimum Gasteiger partial charge on any atom is -0.494 e. The molecule has 0 fully saturated rings. The molecule has 1 unspecified atom stereocenters. The first kappa shape index (κ1) is 13.2. The smallest absolute Gasteiger partial charge is 0.251 e. The normalized spacial score (nSPS) is 12.1. The Labute approximate surface area is 98.3 Å². The Balaban J connectivity index is 2.61. The molecule has 0 aliphatic heterocycles. The highest BCUT2D eigenvalue weighted by molar-refractivity contribution is 5.94. The van der Waals surface area contributed by atoms with Gasteiger partial charge in [0.15, 0.2) is 5.88 Å². The van der Waals surface area contributed by atoms with E-state index in [-0.39, 0.29) is 24.0 Å². The van der Waals surface area contributed by atoms with Gasteiger partial charge in [0, 0.05) is 25.3 Å². The summed E-state index contributed by atoms with van der Waals surface area (Å²) in [6.45, 7) is 2.38.